The molecule has 1 aromatic heterocycles. The summed E-state index contributed by atoms with van der Waals surface area (Å²) in [6, 6.07) is 9.25. The fraction of sp³-hybridized carbons (Fsp3) is 0.467. The van der Waals surface area contributed by atoms with Crippen LogP contribution >= 0.6 is 11.8 Å². The van der Waals surface area contributed by atoms with Gasteiger partial charge < -0.3 is 4.57 Å². The Bertz CT molecular complexity index is 497. The first-order valence-corrected chi connectivity index (χ1v) is 7.34. The molecule has 0 aliphatic heterocycles. The second kappa shape index (κ2) is 5.18. The number of hydrogen-bond donors (Lipinski definition) is 0. The monoisotopic (exact) mass is 247 g/mol. The zero-order valence-electron chi connectivity index (χ0n) is 11.1. The molecular formula is C15H21NS. The molecule has 0 radical (unpaired) electrons. The molecule has 2 aromatic rings. The van der Waals surface area contributed by atoms with Crippen LogP contribution in [0.15, 0.2) is 30.5 Å². The first-order chi connectivity index (χ1) is 8.09. The topological polar surface area (TPSA) is 4.93 Å². The first kappa shape index (κ1) is 12.6. The Labute approximate surface area is 108 Å². The number of rotatable bonds is 4. The van der Waals surface area contributed by atoms with Crippen molar-refractivity contribution in [3.05, 3.63) is 36.0 Å². The average molecular weight is 247 g/mol. The van der Waals surface area contributed by atoms with Gasteiger partial charge in [0, 0.05) is 28.9 Å². The van der Waals surface area contributed by atoms with Crippen molar-refractivity contribution in [2.75, 3.05) is 0 Å². The summed E-state index contributed by atoms with van der Waals surface area (Å²) in [7, 11) is 0. The van der Waals surface area contributed by atoms with E-state index in [-0.39, 0.29) is 0 Å². The lowest BCUT2D eigenvalue weighted by Crippen LogP contribution is -1.97. The molecule has 0 aliphatic carbocycles. The zero-order chi connectivity index (χ0) is 12.4. The van der Waals surface area contributed by atoms with Crippen LogP contribution < -0.4 is 0 Å². The van der Waals surface area contributed by atoms with E-state index >= 15 is 0 Å². The second-order valence-electron chi connectivity index (χ2n) is 5.03. The van der Waals surface area contributed by atoms with Gasteiger partial charge in [0.1, 0.15) is 0 Å². The van der Waals surface area contributed by atoms with Crippen molar-refractivity contribution in [3.8, 4) is 0 Å². The van der Waals surface area contributed by atoms with Gasteiger partial charge in [-0.1, -0.05) is 32.0 Å². The van der Waals surface area contributed by atoms with E-state index in [2.05, 4.69) is 62.7 Å². The number of nitrogens with zero attached hydrogens (tertiary/aromatic N) is 1. The zero-order valence-corrected chi connectivity index (χ0v) is 11.9. The highest BCUT2D eigenvalue weighted by atomic mass is 32.2. The minimum Gasteiger partial charge on any atom is -0.345 e. The van der Waals surface area contributed by atoms with Gasteiger partial charge in [0.25, 0.3) is 0 Å². The number of aromatic nitrogens is 1. The molecule has 1 heterocycles. The molecule has 0 aliphatic rings. The van der Waals surface area contributed by atoms with E-state index in [1.807, 2.05) is 11.8 Å². The molecule has 2 heteroatoms. The molecule has 0 N–H and O–H groups in total. The Balaban J connectivity index is 2.42. The molecular weight excluding hydrogens is 226 g/mol. The third-order valence-electron chi connectivity index (χ3n) is 2.95. The standard InChI is InChI=1S/C15H21NS/c1-11(2)16-9-13(10-17-12(3)4)14-7-5-6-8-15(14)16/h5-9,11-12H,10H2,1-4H3. The fourth-order valence-corrected chi connectivity index (χ4v) is 2.82. The first-order valence-electron chi connectivity index (χ1n) is 6.29. The van der Waals surface area contributed by atoms with Crippen molar-refractivity contribution in [3.63, 3.8) is 0 Å². The number of para-hydroxylation sites is 1. The summed E-state index contributed by atoms with van der Waals surface area (Å²) in [6.45, 7) is 9.00. The van der Waals surface area contributed by atoms with Gasteiger partial charge in [-0.15, -0.1) is 0 Å². The molecule has 0 atom stereocenters. The smallest absolute Gasteiger partial charge is 0.0485 e. The molecule has 1 nitrogen and oxygen atoms in total. The van der Waals surface area contributed by atoms with E-state index < -0.39 is 0 Å². The highest BCUT2D eigenvalue weighted by molar-refractivity contribution is 7.99. The number of benzene rings is 1. The quantitative estimate of drug-likeness (QED) is 0.746. The van der Waals surface area contributed by atoms with Crippen molar-refractivity contribution >= 4 is 22.7 Å². The van der Waals surface area contributed by atoms with E-state index in [4.69, 9.17) is 0 Å². The van der Waals surface area contributed by atoms with Crippen LogP contribution in [0.25, 0.3) is 10.9 Å². The van der Waals surface area contributed by atoms with Crippen LogP contribution in [-0.4, -0.2) is 9.82 Å². The summed E-state index contributed by atoms with van der Waals surface area (Å²) < 4.78 is 2.38. The molecule has 0 amide bonds. The maximum atomic E-state index is 2.38. The van der Waals surface area contributed by atoms with Gasteiger partial charge in [-0.25, -0.2) is 0 Å². The Morgan fingerprint density at radius 1 is 1.12 bits per heavy atom. The number of fused-ring (bicyclic) bond motifs is 1. The van der Waals surface area contributed by atoms with Crippen molar-refractivity contribution in [1.29, 1.82) is 0 Å². The van der Waals surface area contributed by atoms with E-state index in [1.165, 1.54) is 16.5 Å². The van der Waals surface area contributed by atoms with Gasteiger partial charge in [-0.2, -0.15) is 11.8 Å². The third kappa shape index (κ3) is 2.68. The summed E-state index contributed by atoms with van der Waals surface area (Å²) in [6.07, 6.45) is 2.32. The van der Waals surface area contributed by atoms with Crippen LogP contribution in [0.5, 0.6) is 0 Å². The summed E-state index contributed by atoms with van der Waals surface area (Å²) in [4.78, 5) is 0. The number of thioether (sulfide) groups is 1. The van der Waals surface area contributed by atoms with Crippen LogP contribution in [0, 0.1) is 0 Å². The Morgan fingerprint density at radius 2 is 1.82 bits per heavy atom. The highest BCUT2D eigenvalue weighted by Gasteiger charge is 2.10. The molecule has 1 aromatic carbocycles. The Morgan fingerprint density at radius 3 is 2.47 bits per heavy atom. The van der Waals surface area contributed by atoms with Crippen LogP contribution in [0.2, 0.25) is 0 Å². The van der Waals surface area contributed by atoms with Gasteiger partial charge >= 0.3 is 0 Å². The Hall–Kier alpha value is -0.890. The van der Waals surface area contributed by atoms with Crippen LogP contribution in [0.4, 0.5) is 0 Å². The lowest BCUT2D eigenvalue weighted by atomic mass is 10.2. The molecule has 0 unspecified atom stereocenters. The molecule has 0 bridgehead atoms. The van der Waals surface area contributed by atoms with Crippen molar-refractivity contribution in [1.82, 2.24) is 4.57 Å². The van der Waals surface area contributed by atoms with Crippen LogP contribution in [-0.2, 0) is 5.75 Å². The van der Waals surface area contributed by atoms with Crippen molar-refractivity contribution in [2.24, 2.45) is 0 Å². The summed E-state index contributed by atoms with van der Waals surface area (Å²) in [5.74, 6) is 1.11. The minimum atomic E-state index is 0.526. The maximum Gasteiger partial charge on any atom is 0.0485 e. The highest BCUT2D eigenvalue weighted by Crippen LogP contribution is 2.28. The van der Waals surface area contributed by atoms with E-state index in [1.54, 1.807) is 0 Å². The van der Waals surface area contributed by atoms with Gasteiger partial charge in [0.15, 0.2) is 0 Å². The van der Waals surface area contributed by atoms with E-state index in [0.29, 0.717) is 11.3 Å². The summed E-state index contributed by atoms with van der Waals surface area (Å²) >= 11 is 2.01. The van der Waals surface area contributed by atoms with Crippen LogP contribution in [0.3, 0.4) is 0 Å². The maximum absolute atomic E-state index is 2.38. The molecule has 2 rings (SSSR count). The summed E-state index contributed by atoms with van der Waals surface area (Å²) in [5, 5.41) is 2.10. The lowest BCUT2D eigenvalue weighted by molar-refractivity contribution is 0.622. The third-order valence-corrected chi connectivity index (χ3v) is 4.10. The summed E-state index contributed by atoms with van der Waals surface area (Å²) in [5.41, 5.74) is 2.83. The van der Waals surface area contributed by atoms with Crippen LogP contribution in [0.1, 0.15) is 39.3 Å². The second-order valence-corrected chi connectivity index (χ2v) is 6.60. The minimum absolute atomic E-state index is 0.526. The lowest BCUT2D eigenvalue weighted by Gasteiger charge is -2.08. The average Bonchev–Trinajstić information content (AvgIpc) is 2.65. The predicted molar refractivity (Wildman–Crippen MR) is 78.8 cm³/mol. The van der Waals surface area contributed by atoms with Crippen molar-refractivity contribution in [2.45, 2.75) is 44.7 Å². The molecule has 92 valence electrons. The molecule has 0 saturated heterocycles. The molecule has 0 saturated carbocycles. The molecule has 17 heavy (non-hydrogen) atoms. The van der Waals surface area contributed by atoms with Gasteiger partial charge in [0.05, 0.1) is 0 Å². The van der Waals surface area contributed by atoms with Gasteiger partial charge in [-0.3, -0.25) is 0 Å². The largest absolute Gasteiger partial charge is 0.345 e. The van der Waals surface area contributed by atoms with Crippen molar-refractivity contribution < 1.29 is 0 Å². The predicted octanol–water partition coefficient (Wildman–Crippen LogP) is 4.86. The number of hydrogen-bond acceptors (Lipinski definition) is 1. The fourth-order valence-electron chi connectivity index (χ4n) is 2.08. The molecule has 0 fully saturated rings. The van der Waals surface area contributed by atoms with Gasteiger partial charge in [-0.05, 0) is 30.7 Å². The van der Waals surface area contributed by atoms with Gasteiger partial charge in [0.2, 0.25) is 0 Å². The van der Waals surface area contributed by atoms with E-state index in [0.717, 1.165) is 5.75 Å². The van der Waals surface area contributed by atoms with E-state index in [9.17, 15) is 0 Å². The Kier molecular flexibility index (Phi) is 3.82. The molecule has 0 spiro atoms. The normalized spacial score (nSPS) is 11.9. The SMILES string of the molecule is CC(C)SCc1cn(C(C)C)c2ccccc12.